The van der Waals surface area contributed by atoms with Gasteiger partial charge in [0.05, 0.1) is 23.1 Å². The monoisotopic (exact) mass is 374 g/mol. The fourth-order valence-corrected chi connectivity index (χ4v) is 4.53. The van der Waals surface area contributed by atoms with Crippen molar-refractivity contribution in [2.75, 3.05) is 0 Å². The molecule has 2 aromatic rings. The minimum atomic E-state index is 0.743. The van der Waals surface area contributed by atoms with E-state index in [1.807, 2.05) is 30.5 Å². The molecule has 5 nitrogen and oxygen atoms in total. The van der Waals surface area contributed by atoms with Gasteiger partial charge in [0, 0.05) is 22.3 Å². The van der Waals surface area contributed by atoms with Crippen molar-refractivity contribution in [2.24, 2.45) is 0 Å². The number of allylic oxidation sites excluding steroid dienone is 8. The fourth-order valence-electron chi connectivity index (χ4n) is 3.66. The maximum absolute atomic E-state index is 6.00. The number of fused-ring (bicyclic) bond motifs is 3. The van der Waals surface area contributed by atoms with E-state index in [1.54, 1.807) is 5.06 Å². The summed E-state index contributed by atoms with van der Waals surface area (Å²) in [6.07, 6.45) is 15.6. The summed E-state index contributed by atoms with van der Waals surface area (Å²) in [5.41, 5.74) is 6.08. The molecular weight excluding hydrogens is 360 g/mol. The van der Waals surface area contributed by atoms with Crippen LogP contribution in [0.3, 0.4) is 0 Å². The molecular formula is C21H14N2O3S. The van der Waals surface area contributed by atoms with Crippen LogP contribution < -0.4 is 0 Å². The van der Waals surface area contributed by atoms with Crippen LogP contribution in [0.1, 0.15) is 18.4 Å². The summed E-state index contributed by atoms with van der Waals surface area (Å²) in [6, 6.07) is 5.98. The predicted molar refractivity (Wildman–Crippen MR) is 103 cm³/mol. The number of hydroxylamine groups is 2. The van der Waals surface area contributed by atoms with E-state index in [0.29, 0.717) is 0 Å². The Labute approximate surface area is 159 Å². The molecule has 0 spiro atoms. The van der Waals surface area contributed by atoms with Crippen LogP contribution in [0.15, 0.2) is 93.3 Å². The van der Waals surface area contributed by atoms with E-state index in [4.69, 9.17) is 13.4 Å². The zero-order chi connectivity index (χ0) is 17.8. The Morgan fingerprint density at radius 2 is 2.15 bits per heavy atom. The highest BCUT2D eigenvalue weighted by Crippen LogP contribution is 2.49. The number of hydrogen-bond donors (Lipinski definition) is 0. The average Bonchev–Trinajstić information content (AvgIpc) is 3.43. The standard InChI is InChI=1S/C21H14N2O3S/c1-2-9-17-13(5-1)11-23(25-17)21-16-8-3-7-15(20(16)27-26-21)14-6-4-10-18-19(14)22-12-24-18/h1-4,6-7,9-12H,5,8H2. The van der Waals surface area contributed by atoms with Crippen molar-refractivity contribution in [3.63, 3.8) is 0 Å². The van der Waals surface area contributed by atoms with Crippen molar-refractivity contribution >= 4 is 28.7 Å². The summed E-state index contributed by atoms with van der Waals surface area (Å²) in [7, 11) is 0. The van der Waals surface area contributed by atoms with Gasteiger partial charge in [-0.25, -0.2) is 4.98 Å². The smallest absolute Gasteiger partial charge is 0.246 e. The van der Waals surface area contributed by atoms with E-state index in [-0.39, 0.29) is 0 Å². The number of hydrogen-bond acceptors (Lipinski definition) is 6. The highest BCUT2D eigenvalue weighted by molar-refractivity contribution is 7.99. The quantitative estimate of drug-likeness (QED) is 0.659. The van der Waals surface area contributed by atoms with Crippen LogP contribution in [0.4, 0.5) is 0 Å². The van der Waals surface area contributed by atoms with E-state index in [0.717, 1.165) is 62.8 Å². The molecule has 0 saturated heterocycles. The van der Waals surface area contributed by atoms with E-state index in [9.17, 15) is 0 Å². The lowest BCUT2D eigenvalue weighted by Gasteiger charge is -2.17. The lowest BCUT2D eigenvalue weighted by atomic mass is 9.95. The van der Waals surface area contributed by atoms with Gasteiger partial charge in [-0.1, -0.05) is 36.4 Å². The lowest BCUT2D eigenvalue weighted by Crippen LogP contribution is -2.13. The third kappa shape index (κ3) is 2.23. The zero-order valence-corrected chi connectivity index (χ0v) is 15.0. The molecule has 0 N–H and O–H groups in total. The Balaban J connectivity index is 1.46. The molecule has 0 amide bonds. The zero-order valence-electron chi connectivity index (χ0n) is 14.2. The van der Waals surface area contributed by atoms with Crippen LogP contribution in [0.5, 0.6) is 0 Å². The second kappa shape index (κ2) is 5.69. The van der Waals surface area contributed by atoms with Gasteiger partial charge < -0.3 is 13.4 Å². The minimum Gasteiger partial charge on any atom is -0.443 e. The van der Waals surface area contributed by atoms with Gasteiger partial charge in [-0.2, -0.15) is 0 Å². The molecule has 0 radical (unpaired) electrons. The van der Waals surface area contributed by atoms with Crippen molar-refractivity contribution < 1.29 is 13.4 Å². The molecule has 0 atom stereocenters. The van der Waals surface area contributed by atoms with Crippen LogP contribution >= 0.6 is 12.0 Å². The second-order valence-electron chi connectivity index (χ2n) is 6.54. The van der Waals surface area contributed by atoms with Crippen LogP contribution in [0.2, 0.25) is 0 Å². The van der Waals surface area contributed by atoms with E-state index in [2.05, 4.69) is 29.3 Å². The number of nitrogens with zero attached hydrogens (tertiary/aromatic N) is 2. The molecule has 27 heavy (non-hydrogen) atoms. The SMILES string of the molecule is C1=CCC2=CN(C3=C4CC=CC(c5cccc6ocnc56)=C4SO3)OC2=C1. The van der Waals surface area contributed by atoms with Crippen LogP contribution in [-0.4, -0.2) is 10.0 Å². The first kappa shape index (κ1) is 15.0. The van der Waals surface area contributed by atoms with Gasteiger partial charge in [-0.3, -0.25) is 0 Å². The predicted octanol–water partition coefficient (Wildman–Crippen LogP) is 5.36. The first-order valence-electron chi connectivity index (χ1n) is 8.75. The minimum absolute atomic E-state index is 0.743. The molecule has 2 aliphatic carbocycles. The Morgan fingerprint density at radius 1 is 1.15 bits per heavy atom. The van der Waals surface area contributed by atoms with Crippen LogP contribution in [0.25, 0.3) is 16.7 Å². The summed E-state index contributed by atoms with van der Waals surface area (Å²) >= 11 is 1.38. The van der Waals surface area contributed by atoms with Crippen molar-refractivity contribution in [1.29, 1.82) is 0 Å². The van der Waals surface area contributed by atoms with E-state index in [1.165, 1.54) is 18.4 Å². The van der Waals surface area contributed by atoms with Gasteiger partial charge in [0.1, 0.15) is 5.52 Å². The largest absolute Gasteiger partial charge is 0.443 e. The third-order valence-corrected chi connectivity index (χ3v) is 5.82. The summed E-state index contributed by atoms with van der Waals surface area (Å²) in [5, 5.41) is 1.75. The molecule has 0 fully saturated rings. The normalized spacial score (nSPS) is 20.5. The van der Waals surface area contributed by atoms with Gasteiger partial charge >= 0.3 is 0 Å². The molecule has 6 rings (SSSR count). The first-order chi connectivity index (χ1) is 13.4. The summed E-state index contributed by atoms with van der Waals surface area (Å²) in [4.78, 5) is 11.5. The first-order valence-corrected chi connectivity index (χ1v) is 9.49. The maximum atomic E-state index is 6.00. The van der Waals surface area contributed by atoms with Crippen LogP contribution in [0, 0.1) is 0 Å². The number of aromatic nitrogens is 1. The second-order valence-corrected chi connectivity index (χ2v) is 7.28. The number of para-hydroxylation sites is 1. The number of rotatable bonds is 2. The molecule has 0 bridgehead atoms. The molecule has 1 aromatic heterocycles. The number of benzene rings is 1. The van der Waals surface area contributed by atoms with E-state index < -0.39 is 0 Å². The highest BCUT2D eigenvalue weighted by atomic mass is 32.2. The number of oxazole rings is 1. The van der Waals surface area contributed by atoms with Gasteiger partial charge in [-0.15, -0.1) is 5.06 Å². The topological polar surface area (TPSA) is 47.7 Å². The molecule has 0 unspecified atom stereocenters. The Hall–Kier alpha value is -3.12. The average molecular weight is 374 g/mol. The van der Waals surface area contributed by atoms with Crippen molar-refractivity contribution in [1.82, 2.24) is 10.0 Å². The van der Waals surface area contributed by atoms with Crippen molar-refractivity contribution in [2.45, 2.75) is 12.8 Å². The maximum Gasteiger partial charge on any atom is 0.246 e. The molecule has 0 saturated carbocycles. The molecule has 2 aliphatic heterocycles. The van der Waals surface area contributed by atoms with Crippen molar-refractivity contribution in [3.05, 3.63) is 94.4 Å². The van der Waals surface area contributed by atoms with Gasteiger partial charge in [-0.05, 0) is 25.0 Å². The van der Waals surface area contributed by atoms with E-state index >= 15 is 0 Å². The van der Waals surface area contributed by atoms with Gasteiger partial charge in [0.15, 0.2) is 17.7 Å². The summed E-state index contributed by atoms with van der Waals surface area (Å²) in [6.45, 7) is 0. The van der Waals surface area contributed by atoms with Gasteiger partial charge in [0.25, 0.3) is 0 Å². The fraction of sp³-hybridized carbons (Fsp3) is 0.0952. The summed E-state index contributed by atoms with van der Waals surface area (Å²) in [5.74, 6) is 1.63. The molecule has 3 heterocycles. The Morgan fingerprint density at radius 3 is 3.11 bits per heavy atom. The molecule has 6 heteroatoms. The molecule has 1 aromatic carbocycles. The van der Waals surface area contributed by atoms with Crippen LogP contribution in [-0.2, 0) is 9.02 Å². The van der Waals surface area contributed by atoms with Gasteiger partial charge in [0.2, 0.25) is 5.88 Å². The summed E-state index contributed by atoms with van der Waals surface area (Å²) < 4.78 is 11.5. The Kier molecular flexibility index (Phi) is 3.16. The Bertz CT molecular complexity index is 1160. The highest BCUT2D eigenvalue weighted by Gasteiger charge is 2.35. The lowest BCUT2D eigenvalue weighted by molar-refractivity contribution is -0.0508. The van der Waals surface area contributed by atoms with Crippen molar-refractivity contribution in [3.8, 4) is 0 Å². The molecule has 132 valence electrons. The third-order valence-electron chi connectivity index (χ3n) is 4.95. The molecule has 4 aliphatic rings.